The van der Waals surface area contributed by atoms with Gasteiger partial charge >= 0.3 is 0 Å². The molecule has 1 aliphatic carbocycles. The van der Waals surface area contributed by atoms with Crippen molar-refractivity contribution in [1.82, 2.24) is 4.98 Å². The van der Waals surface area contributed by atoms with Crippen LogP contribution in [0.1, 0.15) is 18.4 Å². The Morgan fingerprint density at radius 3 is 2.94 bits per heavy atom. The van der Waals surface area contributed by atoms with E-state index in [4.69, 9.17) is 5.73 Å². The molecule has 16 heavy (non-hydrogen) atoms. The Labute approximate surface area is 94.8 Å². The SMILES string of the molecule is C=CCN(c1ncc(F)cc1CN)C1CC1. The fourth-order valence-electron chi connectivity index (χ4n) is 1.82. The summed E-state index contributed by atoms with van der Waals surface area (Å²) < 4.78 is 13.0. The second-order valence-electron chi connectivity index (χ2n) is 4.01. The molecule has 2 rings (SSSR count). The predicted molar refractivity (Wildman–Crippen MR) is 62.7 cm³/mol. The summed E-state index contributed by atoms with van der Waals surface area (Å²) in [5.74, 6) is 0.463. The van der Waals surface area contributed by atoms with Gasteiger partial charge in [-0.2, -0.15) is 0 Å². The van der Waals surface area contributed by atoms with Crippen molar-refractivity contribution in [2.45, 2.75) is 25.4 Å². The first-order valence-corrected chi connectivity index (χ1v) is 5.48. The third-order valence-electron chi connectivity index (χ3n) is 2.71. The summed E-state index contributed by atoms with van der Waals surface area (Å²) in [6.07, 6.45) is 5.41. The first kappa shape index (κ1) is 11.1. The smallest absolute Gasteiger partial charge is 0.141 e. The van der Waals surface area contributed by atoms with Gasteiger partial charge in [0, 0.05) is 24.7 Å². The largest absolute Gasteiger partial charge is 0.350 e. The molecule has 0 radical (unpaired) electrons. The maximum absolute atomic E-state index is 13.0. The van der Waals surface area contributed by atoms with Crippen LogP contribution in [0.3, 0.4) is 0 Å². The standard InChI is InChI=1S/C12H16FN3/c1-2-5-16(11-3-4-11)12-9(7-14)6-10(13)8-15-12/h2,6,8,11H,1,3-5,7,14H2. The quantitative estimate of drug-likeness (QED) is 0.771. The Morgan fingerprint density at radius 1 is 1.62 bits per heavy atom. The molecule has 1 fully saturated rings. The number of anilines is 1. The highest BCUT2D eigenvalue weighted by molar-refractivity contribution is 5.49. The number of hydrogen-bond acceptors (Lipinski definition) is 3. The van der Waals surface area contributed by atoms with Gasteiger partial charge in [0.2, 0.25) is 0 Å². The van der Waals surface area contributed by atoms with Gasteiger partial charge < -0.3 is 10.6 Å². The van der Waals surface area contributed by atoms with E-state index < -0.39 is 0 Å². The Morgan fingerprint density at radius 2 is 2.38 bits per heavy atom. The van der Waals surface area contributed by atoms with E-state index >= 15 is 0 Å². The van der Waals surface area contributed by atoms with Gasteiger partial charge in [0.15, 0.2) is 0 Å². The molecule has 4 heteroatoms. The Bertz CT molecular complexity index is 388. The fourth-order valence-corrected chi connectivity index (χ4v) is 1.82. The molecule has 1 aliphatic rings. The number of nitrogens with zero attached hydrogens (tertiary/aromatic N) is 2. The Kier molecular flexibility index (Phi) is 3.19. The highest BCUT2D eigenvalue weighted by Crippen LogP contribution is 2.32. The average molecular weight is 221 g/mol. The average Bonchev–Trinajstić information content (AvgIpc) is 3.10. The minimum atomic E-state index is -0.335. The highest BCUT2D eigenvalue weighted by Gasteiger charge is 2.30. The molecule has 1 aromatic heterocycles. The minimum absolute atomic E-state index is 0.306. The van der Waals surface area contributed by atoms with Gasteiger partial charge in [-0.05, 0) is 18.9 Å². The minimum Gasteiger partial charge on any atom is -0.350 e. The number of nitrogens with two attached hydrogens (primary N) is 1. The van der Waals surface area contributed by atoms with Gasteiger partial charge in [-0.1, -0.05) is 6.08 Å². The van der Waals surface area contributed by atoms with Crippen molar-refractivity contribution in [3.05, 3.63) is 36.3 Å². The lowest BCUT2D eigenvalue weighted by Gasteiger charge is -2.24. The highest BCUT2D eigenvalue weighted by atomic mass is 19.1. The summed E-state index contributed by atoms with van der Waals surface area (Å²) in [5.41, 5.74) is 6.37. The molecule has 1 aromatic rings. The van der Waals surface area contributed by atoms with Crippen LogP contribution in [0.5, 0.6) is 0 Å². The van der Waals surface area contributed by atoms with Crippen LogP contribution in [0.2, 0.25) is 0 Å². The zero-order chi connectivity index (χ0) is 11.5. The van der Waals surface area contributed by atoms with Gasteiger partial charge in [-0.15, -0.1) is 6.58 Å². The molecule has 1 saturated carbocycles. The number of aromatic nitrogens is 1. The normalized spacial score (nSPS) is 14.9. The fraction of sp³-hybridized carbons (Fsp3) is 0.417. The van der Waals surface area contributed by atoms with Gasteiger partial charge in [-0.25, -0.2) is 9.37 Å². The van der Waals surface area contributed by atoms with Crippen molar-refractivity contribution < 1.29 is 4.39 Å². The lowest BCUT2D eigenvalue weighted by Crippen LogP contribution is -2.28. The molecule has 0 bridgehead atoms. The zero-order valence-electron chi connectivity index (χ0n) is 9.19. The number of hydrogen-bond donors (Lipinski definition) is 1. The first-order valence-electron chi connectivity index (χ1n) is 5.48. The van der Waals surface area contributed by atoms with Crippen LogP contribution in [0.25, 0.3) is 0 Å². The van der Waals surface area contributed by atoms with E-state index in [1.165, 1.54) is 12.3 Å². The van der Waals surface area contributed by atoms with Crippen LogP contribution in [0.15, 0.2) is 24.9 Å². The predicted octanol–water partition coefficient (Wildman–Crippen LogP) is 1.83. The molecule has 0 spiro atoms. The molecule has 86 valence electrons. The Hall–Kier alpha value is -1.42. The van der Waals surface area contributed by atoms with E-state index in [0.717, 1.165) is 30.8 Å². The maximum atomic E-state index is 13.0. The second-order valence-corrected chi connectivity index (χ2v) is 4.01. The van der Waals surface area contributed by atoms with Gasteiger partial charge in [-0.3, -0.25) is 0 Å². The van der Waals surface area contributed by atoms with Crippen LogP contribution in [-0.2, 0) is 6.54 Å². The lowest BCUT2D eigenvalue weighted by molar-refractivity contribution is 0.617. The summed E-state index contributed by atoms with van der Waals surface area (Å²) in [4.78, 5) is 6.30. The third-order valence-corrected chi connectivity index (χ3v) is 2.71. The number of rotatable bonds is 5. The van der Waals surface area contributed by atoms with E-state index in [9.17, 15) is 4.39 Å². The molecule has 1 heterocycles. The molecule has 3 nitrogen and oxygen atoms in total. The van der Waals surface area contributed by atoms with Crippen molar-refractivity contribution in [3.8, 4) is 0 Å². The molecular weight excluding hydrogens is 205 g/mol. The lowest BCUT2D eigenvalue weighted by atomic mass is 10.2. The summed E-state index contributed by atoms with van der Waals surface area (Å²) in [7, 11) is 0. The second kappa shape index (κ2) is 4.61. The van der Waals surface area contributed by atoms with Crippen LogP contribution >= 0.6 is 0 Å². The van der Waals surface area contributed by atoms with Gasteiger partial charge in [0.25, 0.3) is 0 Å². The van der Waals surface area contributed by atoms with Crippen molar-refractivity contribution in [1.29, 1.82) is 0 Å². The maximum Gasteiger partial charge on any atom is 0.141 e. The number of halogens is 1. The van der Waals surface area contributed by atoms with E-state index in [2.05, 4.69) is 16.5 Å². The van der Waals surface area contributed by atoms with Crippen molar-refractivity contribution >= 4 is 5.82 Å². The van der Waals surface area contributed by atoms with E-state index in [0.29, 0.717) is 12.6 Å². The van der Waals surface area contributed by atoms with Crippen molar-refractivity contribution in [3.63, 3.8) is 0 Å². The summed E-state index contributed by atoms with van der Waals surface area (Å²) >= 11 is 0. The van der Waals surface area contributed by atoms with E-state index in [1.807, 2.05) is 6.08 Å². The van der Waals surface area contributed by atoms with Crippen molar-refractivity contribution in [2.24, 2.45) is 5.73 Å². The molecule has 0 aliphatic heterocycles. The monoisotopic (exact) mass is 221 g/mol. The molecule has 0 amide bonds. The Balaban J connectivity index is 2.31. The molecule has 0 atom stereocenters. The van der Waals surface area contributed by atoms with E-state index in [1.54, 1.807) is 0 Å². The van der Waals surface area contributed by atoms with Crippen LogP contribution in [-0.4, -0.2) is 17.6 Å². The molecule has 0 unspecified atom stereocenters. The first-order chi connectivity index (χ1) is 7.76. The van der Waals surface area contributed by atoms with Crippen molar-refractivity contribution in [2.75, 3.05) is 11.4 Å². The van der Waals surface area contributed by atoms with Crippen LogP contribution in [0.4, 0.5) is 10.2 Å². The van der Waals surface area contributed by atoms with Gasteiger partial charge in [0.05, 0.1) is 6.20 Å². The van der Waals surface area contributed by atoms with Gasteiger partial charge in [0.1, 0.15) is 11.6 Å². The van der Waals surface area contributed by atoms with E-state index in [-0.39, 0.29) is 5.82 Å². The summed E-state index contributed by atoms with van der Waals surface area (Å²) in [6.45, 7) is 4.77. The molecule has 2 N–H and O–H groups in total. The zero-order valence-corrected chi connectivity index (χ0v) is 9.19. The molecule has 0 saturated heterocycles. The molecular formula is C12H16FN3. The van der Waals surface area contributed by atoms with Crippen LogP contribution in [0, 0.1) is 5.82 Å². The molecule has 0 aromatic carbocycles. The summed E-state index contributed by atoms with van der Waals surface area (Å²) in [5, 5.41) is 0. The summed E-state index contributed by atoms with van der Waals surface area (Å²) in [6, 6.07) is 1.97. The third kappa shape index (κ3) is 2.22. The topological polar surface area (TPSA) is 42.2 Å². The number of pyridine rings is 1. The van der Waals surface area contributed by atoms with Crippen LogP contribution < -0.4 is 10.6 Å².